The summed E-state index contributed by atoms with van der Waals surface area (Å²) in [5.74, 6) is 0.113. The molecule has 0 saturated carbocycles. The fourth-order valence-electron chi connectivity index (χ4n) is 3.73. The van der Waals surface area contributed by atoms with Crippen LogP contribution in [0.4, 0.5) is 19.0 Å². The number of likely N-dealkylation sites (tertiary alicyclic amines) is 1. The van der Waals surface area contributed by atoms with Gasteiger partial charge in [0.1, 0.15) is 5.82 Å². The molecule has 1 fully saturated rings. The SMILES string of the molecule is O=C(Nc1cc2cc(-c3cn[nH]c3)ccc2cn1)C1CCN(CCC(F)(F)F)CC1. The van der Waals surface area contributed by atoms with E-state index >= 15 is 0 Å². The minimum Gasteiger partial charge on any atom is -0.310 e. The van der Waals surface area contributed by atoms with Crippen molar-refractivity contribution in [3.63, 3.8) is 0 Å². The summed E-state index contributed by atoms with van der Waals surface area (Å²) in [4.78, 5) is 18.7. The van der Waals surface area contributed by atoms with Gasteiger partial charge in [0.05, 0.1) is 12.6 Å². The molecule has 1 aliphatic heterocycles. The van der Waals surface area contributed by atoms with Gasteiger partial charge in [0.15, 0.2) is 0 Å². The summed E-state index contributed by atoms with van der Waals surface area (Å²) in [6.07, 6.45) is 1.39. The molecule has 2 N–H and O–H groups in total. The molecule has 30 heavy (non-hydrogen) atoms. The second kappa shape index (κ2) is 8.43. The normalized spacial score (nSPS) is 16.1. The number of amides is 1. The maximum absolute atomic E-state index is 12.6. The average Bonchev–Trinajstić information content (AvgIpc) is 3.26. The van der Waals surface area contributed by atoms with Crippen molar-refractivity contribution >= 4 is 22.5 Å². The molecule has 6 nitrogen and oxygen atoms in total. The lowest BCUT2D eigenvalue weighted by molar-refractivity contribution is -0.139. The second-order valence-corrected chi connectivity index (χ2v) is 7.59. The molecule has 0 spiro atoms. The quantitative estimate of drug-likeness (QED) is 0.652. The van der Waals surface area contributed by atoms with E-state index in [9.17, 15) is 18.0 Å². The number of pyridine rings is 1. The number of H-pyrrole nitrogens is 1. The Balaban J connectivity index is 1.37. The van der Waals surface area contributed by atoms with Crippen LogP contribution >= 0.6 is 0 Å². The number of nitrogens with zero attached hydrogens (tertiary/aromatic N) is 3. The van der Waals surface area contributed by atoms with Crippen LogP contribution in [-0.2, 0) is 4.79 Å². The molecule has 0 radical (unpaired) electrons. The van der Waals surface area contributed by atoms with Crippen LogP contribution in [0.25, 0.3) is 21.9 Å². The number of aromatic amines is 1. The van der Waals surface area contributed by atoms with Crippen LogP contribution in [0.15, 0.2) is 42.9 Å². The molecule has 3 heterocycles. The molecule has 0 atom stereocenters. The zero-order valence-electron chi connectivity index (χ0n) is 16.2. The first kappa shape index (κ1) is 20.3. The Bertz CT molecular complexity index is 1010. The van der Waals surface area contributed by atoms with Crippen LogP contribution in [0, 0.1) is 5.92 Å². The minimum atomic E-state index is -4.15. The van der Waals surface area contributed by atoms with Gasteiger partial charge in [-0.05, 0) is 49.0 Å². The van der Waals surface area contributed by atoms with Crippen molar-refractivity contribution in [2.24, 2.45) is 5.92 Å². The Labute approximate surface area is 171 Å². The van der Waals surface area contributed by atoms with Crippen molar-refractivity contribution in [3.8, 4) is 11.1 Å². The van der Waals surface area contributed by atoms with Gasteiger partial charge in [-0.1, -0.05) is 12.1 Å². The van der Waals surface area contributed by atoms with Gasteiger partial charge in [-0.25, -0.2) is 4.98 Å². The molecular weight excluding hydrogens is 395 g/mol. The summed E-state index contributed by atoms with van der Waals surface area (Å²) >= 11 is 0. The van der Waals surface area contributed by atoms with Crippen molar-refractivity contribution in [2.45, 2.75) is 25.4 Å². The van der Waals surface area contributed by atoms with E-state index in [4.69, 9.17) is 0 Å². The molecule has 2 aromatic heterocycles. The van der Waals surface area contributed by atoms with Gasteiger partial charge < -0.3 is 10.2 Å². The lowest BCUT2D eigenvalue weighted by Crippen LogP contribution is -2.39. The van der Waals surface area contributed by atoms with Crippen molar-refractivity contribution in [2.75, 3.05) is 25.0 Å². The number of nitrogens with one attached hydrogen (secondary N) is 2. The molecule has 1 saturated heterocycles. The van der Waals surface area contributed by atoms with E-state index in [-0.39, 0.29) is 18.4 Å². The first-order chi connectivity index (χ1) is 14.4. The molecular formula is C21H22F3N5O. The number of aromatic nitrogens is 3. The lowest BCUT2D eigenvalue weighted by Gasteiger charge is -2.31. The number of carbonyl (C=O) groups is 1. The largest absolute Gasteiger partial charge is 0.390 e. The molecule has 1 amide bonds. The van der Waals surface area contributed by atoms with E-state index in [1.165, 1.54) is 0 Å². The molecule has 3 aromatic rings. The van der Waals surface area contributed by atoms with Crippen molar-refractivity contribution < 1.29 is 18.0 Å². The number of piperidine rings is 1. The highest BCUT2D eigenvalue weighted by Gasteiger charge is 2.30. The van der Waals surface area contributed by atoms with Gasteiger partial charge in [-0.3, -0.25) is 9.89 Å². The van der Waals surface area contributed by atoms with Crippen LogP contribution < -0.4 is 5.32 Å². The third-order valence-corrected chi connectivity index (χ3v) is 5.47. The van der Waals surface area contributed by atoms with Gasteiger partial charge in [-0.15, -0.1) is 0 Å². The minimum absolute atomic E-state index is 0.0108. The molecule has 1 aliphatic rings. The predicted molar refractivity (Wildman–Crippen MR) is 108 cm³/mol. The van der Waals surface area contributed by atoms with Crippen molar-refractivity contribution in [3.05, 3.63) is 42.9 Å². The first-order valence-corrected chi connectivity index (χ1v) is 9.86. The maximum atomic E-state index is 12.6. The van der Waals surface area contributed by atoms with E-state index in [1.54, 1.807) is 17.3 Å². The summed E-state index contributed by atoms with van der Waals surface area (Å²) < 4.78 is 37.1. The third kappa shape index (κ3) is 4.96. The maximum Gasteiger partial charge on any atom is 0.390 e. The Hall–Kier alpha value is -2.94. The highest BCUT2D eigenvalue weighted by molar-refractivity contribution is 5.95. The van der Waals surface area contributed by atoms with Gasteiger partial charge in [0, 0.05) is 35.8 Å². The molecule has 9 heteroatoms. The molecule has 0 unspecified atom stereocenters. The third-order valence-electron chi connectivity index (χ3n) is 5.47. The number of hydrogen-bond donors (Lipinski definition) is 2. The topological polar surface area (TPSA) is 73.9 Å². The molecule has 4 rings (SSSR count). The highest BCUT2D eigenvalue weighted by Crippen LogP contribution is 2.26. The Morgan fingerprint density at radius 3 is 2.63 bits per heavy atom. The number of halogens is 3. The Morgan fingerprint density at radius 2 is 1.93 bits per heavy atom. The fourth-order valence-corrected chi connectivity index (χ4v) is 3.73. The van der Waals surface area contributed by atoms with Crippen LogP contribution in [0.5, 0.6) is 0 Å². The van der Waals surface area contributed by atoms with E-state index in [0.29, 0.717) is 31.7 Å². The number of alkyl halides is 3. The van der Waals surface area contributed by atoms with Crippen LogP contribution in [0.3, 0.4) is 0 Å². The van der Waals surface area contributed by atoms with Crippen molar-refractivity contribution in [1.29, 1.82) is 0 Å². The number of fused-ring (bicyclic) bond motifs is 1. The van der Waals surface area contributed by atoms with Crippen molar-refractivity contribution in [1.82, 2.24) is 20.1 Å². The highest BCUT2D eigenvalue weighted by atomic mass is 19.4. The zero-order valence-corrected chi connectivity index (χ0v) is 16.2. The van der Waals surface area contributed by atoms with Crippen LogP contribution in [0.1, 0.15) is 19.3 Å². The number of hydrogen-bond acceptors (Lipinski definition) is 4. The van der Waals surface area contributed by atoms with E-state index in [0.717, 1.165) is 21.9 Å². The average molecular weight is 417 g/mol. The number of rotatable bonds is 5. The molecule has 0 bridgehead atoms. The van der Waals surface area contributed by atoms with E-state index in [2.05, 4.69) is 20.5 Å². The first-order valence-electron chi connectivity index (χ1n) is 9.86. The van der Waals surface area contributed by atoms with Crippen LogP contribution in [0.2, 0.25) is 0 Å². The van der Waals surface area contributed by atoms with Gasteiger partial charge in [0.2, 0.25) is 5.91 Å². The molecule has 158 valence electrons. The lowest BCUT2D eigenvalue weighted by atomic mass is 9.95. The summed E-state index contributed by atoms with van der Waals surface area (Å²) in [5.41, 5.74) is 1.97. The number of anilines is 1. The van der Waals surface area contributed by atoms with Crippen LogP contribution in [-0.4, -0.2) is 51.8 Å². The smallest absolute Gasteiger partial charge is 0.310 e. The van der Waals surface area contributed by atoms with Gasteiger partial charge in [0.25, 0.3) is 0 Å². The second-order valence-electron chi connectivity index (χ2n) is 7.59. The predicted octanol–water partition coefficient (Wildman–Crippen LogP) is 4.23. The summed E-state index contributed by atoms with van der Waals surface area (Å²) in [6, 6.07) is 7.79. The molecule has 0 aliphatic carbocycles. The standard InChI is InChI=1S/C21H22F3N5O/c22-21(23,24)5-8-29-6-3-14(4-7-29)20(30)28-19-10-17-9-15(18-12-26-27-13-18)1-2-16(17)11-25-19/h1-2,9-14H,3-8H2,(H,26,27)(H,25,28,30). The van der Waals surface area contributed by atoms with Gasteiger partial charge in [-0.2, -0.15) is 18.3 Å². The molecule has 1 aromatic carbocycles. The number of carbonyl (C=O) groups excluding carboxylic acids is 1. The van der Waals surface area contributed by atoms with Gasteiger partial charge >= 0.3 is 6.18 Å². The fraction of sp³-hybridized carbons (Fsp3) is 0.381. The summed E-state index contributed by atoms with van der Waals surface area (Å²) in [7, 11) is 0. The summed E-state index contributed by atoms with van der Waals surface area (Å²) in [6.45, 7) is 0.976. The monoisotopic (exact) mass is 417 g/mol. The zero-order chi connectivity index (χ0) is 21.1. The Kier molecular flexibility index (Phi) is 5.72. The van der Waals surface area contributed by atoms with E-state index < -0.39 is 12.6 Å². The number of benzene rings is 1. The summed E-state index contributed by atoms with van der Waals surface area (Å²) in [5, 5.41) is 11.5. The van der Waals surface area contributed by atoms with E-state index in [1.807, 2.05) is 30.5 Å². The Morgan fingerprint density at radius 1 is 1.13 bits per heavy atom.